The molecule has 9 nitrogen and oxygen atoms in total. The van der Waals surface area contributed by atoms with E-state index in [0.29, 0.717) is 35.6 Å². The number of phenols is 1. The summed E-state index contributed by atoms with van der Waals surface area (Å²) in [6.45, 7) is 1.13. The van der Waals surface area contributed by atoms with Crippen LogP contribution in [0.4, 0.5) is 22.7 Å². The van der Waals surface area contributed by atoms with E-state index in [4.69, 9.17) is 5.73 Å². The molecule has 0 saturated heterocycles. The SMILES string of the molecule is CN1c2ccc(NCc3ccc(C(=O)Nc4ccccc4N)cc3)cc2C(=O)N2CCc3c([nH]c4ccc(O)cc34)[C@H]21. The Bertz CT molecular complexity index is 1860. The molecule has 2 aliphatic heterocycles. The highest BCUT2D eigenvalue weighted by atomic mass is 16.3. The molecule has 2 amide bonds. The van der Waals surface area contributed by atoms with Crippen LogP contribution in [0, 0.1) is 0 Å². The van der Waals surface area contributed by atoms with Crippen molar-refractivity contribution in [2.45, 2.75) is 19.1 Å². The molecule has 3 heterocycles. The smallest absolute Gasteiger partial charge is 0.257 e. The Morgan fingerprint density at radius 1 is 1.05 bits per heavy atom. The van der Waals surface area contributed by atoms with Gasteiger partial charge in [-0.3, -0.25) is 9.59 Å². The zero-order valence-corrected chi connectivity index (χ0v) is 23.0. The third kappa shape index (κ3) is 4.26. The molecule has 1 atom stereocenters. The van der Waals surface area contributed by atoms with E-state index in [-0.39, 0.29) is 23.7 Å². The Morgan fingerprint density at radius 3 is 2.67 bits per heavy atom. The van der Waals surface area contributed by atoms with E-state index < -0.39 is 0 Å². The lowest BCUT2D eigenvalue weighted by molar-refractivity contribution is 0.0634. The zero-order valence-electron chi connectivity index (χ0n) is 23.0. The van der Waals surface area contributed by atoms with E-state index in [1.54, 1.807) is 36.4 Å². The number of nitrogens with zero attached hydrogens (tertiary/aromatic N) is 2. The zero-order chi connectivity index (χ0) is 29.0. The summed E-state index contributed by atoms with van der Waals surface area (Å²) >= 11 is 0. The van der Waals surface area contributed by atoms with Crippen LogP contribution in [0.3, 0.4) is 0 Å². The summed E-state index contributed by atoms with van der Waals surface area (Å²) in [6, 6.07) is 25.8. The van der Waals surface area contributed by atoms with Gasteiger partial charge in [0.25, 0.3) is 11.8 Å². The van der Waals surface area contributed by atoms with Crippen molar-refractivity contribution in [2.24, 2.45) is 0 Å². The second-order valence-electron chi connectivity index (χ2n) is 10.8. The van der Waals surface area contributed by atoms with Gasteiger partial charge in [0.05, 0.1) is 28.3 Å². The van der Waals surface area contributed by atoms with Gasteiger partial charge in [-0.05, 0) is 78.2 Å². The Balaban J connectivity index is 1.07. The number of hydrogen-bond donors (Lipinski definition) is 5. The van der Waals surface area contributed by atoms with Crippen molar-refractivity contribution in [1.82, 2.24) is 9.88 Å². The Hall–Kier alpha value is -5.44. The van der Waals surface area contributed by atoms with Gasteiger partial charge in [-0.2, -0.15) is 0 Å². The number of aromatic hydroxyl groups is 1. The standard InChI is InChI=1S/C33H30N6O3/c1-38-29-13-10-21(35-18-19-6-8-20(9-7-19)31(41)37-28-5-3-2-4-26(28)34)16-25(29)33(42)39-15-14-23-24-17-22(40)11-12-27(24)36-30(23)32(38)39/h2-13,16-17,32,35-36,40H,14-15,18,34H2,1H3,(H,37,41)/t32-/m0/s1. The van der Waals surface area contributed by atoms with Crippen LogP contribution < -0.4 is 21.3 Å². The predicted molar refractivity (Wildman–Crippen MR) is 165 cm³/mol. The van der Waals surface area contributed by atoms with E-state index >= 15 is 0 Å². The number of aromatic amines is 1. The fourth-order valence-electron chi connectivity index (χ4n) is 6.07. The van der Waals surface area contributed by atoms with E-state index in [1.807, 2.05) is 60.5 Å². The molecular weight excluding hydrogens is 528 g/mol. The lowest BCUT2D eigenvalue weighted by Crippen LogP contribution is -2.51. The number of rotatable bonds is 5. The summed E-state index contributed by atoms with van der Waals surface area (Å²) in [7, 11) is 2.01. The molecule has 210 valence electrons. The number of nitrogens with two attached hydrogens (primary N) is 1. The third-order valence-electron chi connectivity index (χ3n) is 8.24. The molecule has 0 saturated carbocycles. The van der Waals surface area contributed by atoms with Crippen molar-refractivity contribution in [3.8, 4) is 5.75 Å². The largest absolute Gasteiger partial charge is 0.508 e. The maximum atomic E-state index is 13.7. The quantitative estimate of drug-likeness (QED) is 0.182. The number of benzene rings is 4. The second-order valence-corrected chi connectivity index (χ2v) is 10.8. The number of hydrogen-bond acceptors (Lipinski definition) is 6. The fraction of sp³-hybridized carbons (Fsp3) is 0.152. The number of amides is 2. The normalized spacial score (nSPS) is 15.6. The van der Waals surface area contributed by atoms with Crippen molar-refractivity contribution in [2.75, 3.05) is 34.9 Å². The van der Waals surface area contributed by atoms with E-state index in [0.717, 1.165) is 45.5 Å². The van der Waals surface area contributed by atoms with Crippen LogP contribution in [0.2, 0.25) is 0 Å². The van der Waals surface area contributed by atoms with Crippen LogP contribution in [-0.4, -0.2) is 40.4 Å². The second kappa shape index (κ2) is 9.88. The van der Waals surface area contributed by atoms with Crippen LogP contribution >= 0.6 is 0 Å². The monoisotopic (exact) mass is 558 g/mol. The summed E-state index contributed by atoms with van der Waals surface area (Å²) in [6.07, 6.45) is 0.477. The number of fused-ring (bicyclic) bond motifs is 6. The molecule has 4 aromatic carbocycles. The molecule has 0 unspecified atom stereocenters. The van der Waals surface area contributed by atoms with Gasteiger partial charge in [0.2, 0.25) is 0 Å². The van der Waals surface area contributed by atoms with Gasteiger partial charge in [0.15, 0.2) is 0 Å². The van der Waals surface area contributed by atoms with Gasteiger partial charge >= 0.3 is 0 Å². The predicted octanol–water partition coefficient (Wildman–Crippen LogP) is 5.47. The minimum Gasteiger partial charge on any atom is -0.508 e. The van der Waals surface area contributed by atoms with Crippen LogP contribution in [0.1, 0.15) is 43.7 Å². The summed E-state index contributed by atoms with van der Waals surface area (Å²) in [5.74, 6) is 0.0112. The molecule has 0 spiro atoms. The third-order valence-corrected chi connectivity index (χ3v) is 8.24. The van der Waals surface area contributed by atoms with Crippen molar-refractivity contribution >= 4 is 45.5 Å². The molecule has 42 heavy (non-hydrogen) atoms. The number of anilines is 4. The Kier molecular flexibility index (Phi) is 6.00. The van der Waals surface area contributed by atoms with E-state index in [1.165, 1.54) is 0 Å². The summed E-state index contributed by atoms with van der Waals surface area (Å²) < 4.78 is 0. The average molecular weight is 559 g/mol. The number of carbonyl (C=O) groups is 2. The molecule has 6 N–H and O–H groups in total. The van der Waals surface area contributed by atoms with Crippen LogP contribution in [0.25, 0.3) is 10.9 Å². The lowest BCUT2D eigenvalue weighted by Gasteiger charge is -2.46. The highest BCUT2D eigenvalue weighted by Crippen LogP contribution is 2.44. The highest BCUT2D eigenvalue weighted by molar-refractivity contribution is 6.06. The topological polar surface area (TPSA) is 127 Å². The van der Waals surface area contributed by atoms with Gasteiger partial charge in [-0.15, -0.1) is 0 Å². The molecule has 0 bridgehead atoms. The molecule has 0 radical (unpaired) electrons. The Labute approximate surface area is 242 Å². The van der Waals surface area contributed by atoms with E-state index in [9.17, 15) is 14.7 Å². The van der Waals surface area contributed by atoms with Crippen LogP contribution in [-0.2, 0) is 13.0 Å². The van der Waals surface area contributed by atoms with Crippen molar-refractivity contribution in [1.29, 1.82) is 0 Å². The minimum absolute atomic E-state index is 0.00155. The number of para-hydroxylation sites is 2. The summed E-state index contributed by atoms with van der Waals surface area (Å²) in [5.41, 5.74) is 14.0. The molecule has 7 rings (SSSR count). The number of nitrogens with one attached hydrogen (secondary N) is 3. The summed E-state index contributed by atoms with van der Waals surface area (Å²) in [5, 5.41) is 17.3. The van der Waals surface area contributed by atoms with Gasteiger partial charge in [0, 0.05) is 42.3 Å². The maximum Gasteiger partial charge on any atom is 0.257 e. The molecule has 0 aliphatic carbocycles. The highest BCUT2D eigenvalue weighted by Gasteiger charge is 2.41. The molecule has 2 aliphatic rings. The number of aromatic nitrogens is 1. The number of H-pyrrole nitrogens is 1. The minimum atomic E-state index is -0.240. The number of nitrogen functional groups attached to an aromatic ring is 1. The van der Waals surface area contributed by atoms with E-state index in [2.05, 4.69) is 20.5 Å². The molecule has 5 aromatic rings. The molecule has 1 aromatic heterocycles. The van der Waals surface area contributed by atoms with Gasteiger partial charge < -0.3 is 36.3 Å². The van der Waals surface area contributed by atoms with Gasteiger partial charge in [0.1, 0.15) is 11.9 Å². The van der Waals surface area contributed by atoms with Crippen molar-refractivity contribution in [3.05, 3.63) is 113 Å². The Morgan fingerprint density at radius 2 is 1.86 bits per heavy atom. The average Bonchev–Trinajstić information content (AvgIpc) is 3.37. The first-order valence-corrected chi connectivity index (χ1v) is 13.9. The molecule has 9 heteroatoms. The van der Waals surface area contributed by atoms with Gasteiger partial charge in [-0.25, -0.2) is 0 Å². The van der Waals surface area contributed by atoms with Gasteiger partial charge in [-0.1, -0.05) is 24.3 Å². The summed E-state index contributed by atoms with van der Waals surface area (Å²) in [4.78, 5) is 33.9. The van der Waals surface area contributed by atoms with Crippen LogP contribution in [0.15, 0.2) is 84.9 Å². The first-order valence-electron chi connectivity index (χ1n) is 13.9. The maximum absolute atomic E-state index is 13.7. The first-order chi connectivity index (χ1) is 20.4. The van der Waals surface area contributed by atoms with Crippen molar-refractivity contribution in [3.63, 3.8) is 0 Å². The number of phenolic OH excluding ortho intramolecular Hbond substituents is 1. The first kappa shape index (κ1) is 25.5. The van der Waals surface area contributed by atoms with Crippen LogP contribution in [0.5, 0.6) is 5.75 Å². The van der Waals surface area contributed by atoms with Crippen molar-refractivity contribution < 1.29 is 14.7 Å². The molecular formula is C33H30N6O3. The fourth-order valence-corrected chi connectivity index (χ4v) is 6.07. The number of carbonyl (C=O) groups excluding carboxylic acids is 2. The lowest BCUT2D eigenvalue weighted by atomic mass is 9.95. The molecule has 0 fully saturated rings.